The first kappa shape index (κ1) is 13.8. The van der Waals surface area contributed by atoms with Gasteiger partial charge in [-0.2, -0.15) is 0 Å². The molecule has 0 aliphatic heterocycles. The Labute approximate surface area is 116 Å². The number of carbonyl (C=O) groups excluding carboxylic acids is 2. The van der Waals surface area contributed by atoms with Gasteiger partial charge in [-0.25, -0.2) is 0 Å². The third kappa shape index (κ3) is 3.95. The maximum absolute atomic E-state index is 11.8. The lowest BCUT2D eigenvalue weighted by Gasteiger charge is -1.96. The van der Waals surface area contributed by atoms with E-state index in [1.165, 1.54) is 13.0 Å². The second-order valence-corrected chi connectivity index (χ2v) is 4.15. The van der Waals surface area contributed by atoms with E-state index in [0.717, 1.165) is 0 Å². The third-order valence-electron chi connectivity index (χ3n) is 2.56. The second kappa shape index (κ2) is 6.52. The van der Waals surface area contributed by atoms with Crippen molar-refractivity contribution in [2.24, 2.45) is 0 Å². The first-order chi connectivity index (χ1) is 9.65. The Hall–Kier alpha value is -2.62. The predicted octanol–water partition coefficient (Wildman–Crippen LogP) is 3.24. The van der Waals surface area contributed by atoms with Gasteiger partial charge >= 0.3 is 5.97 Å². The van der Waals surface area contributed by atoms with Crippen LogP contribution in [0.25, 0.3) is 6.08 Å². The van der Waals surface area contributed by atoms with E-state index in [0.29, 0.717) is 17.1 Å². The Kier molecular flexibility index (Phi) is 4.50. The van der Waals surface area contributed by atoms with Crippen molar-refractivity contribution in [2.75, 3.05) is 0 Å². The molecule has 0 radical (unpaired) electrons. The molecule has 0 bridgehead atoms. The topological polar surface area (TPSA) is 56.5 Å². The molecule has 0 atom stereocenters. The van der Waals surface area contributed by atoms with Crippen molar-refractivity contribution in [3.05, 3.63) is 65.6 Å². The number of ketones is 1. The molecule has 102 valence electrons. The molecule has 1 heterocycles. The molecule has 1 aromatic heterocycles. The summed E-state index contributed by atoms with van der Waals surface area (Å²) in [7, 11) is 0. The maximum atomic E-state index is 11.8. The monoisotopic (exact) mass is 270 g/mol. The molecule has 0 amide bonds. The minimum absolute atomic E-state index is 0.0931. The van der Waals surface area contributed by atoms with E-state index in [-0.39, 0.29) is 18.4 Å². The third-order valence-corrected chi connectivity index (χ3v) is 2.56. The number of hydrogen-bond donors (Lipinski definition) is 0. The van der Waals surface area contributed by atoms with Gasteiger partial charge in [-0.05, 0) is 24.3 Å². The normalized spacial score (nSPS) is 10.7. The highest BCUT2D eigenvalue weighted by Crippen LogP contribution is 2.11. The van der Waals surface area contributed by atoms with Crippen molar-refractivity contribution in [3.63, 3.8) is 0 Å². The summed E-state index contributed by atoms with van der Waals surface area (Å²) < 4.78 is 10.2. The molecule has 2 aromatic rings. The zero-order chi connectivity index (χ0) is 14.4. The minimum Gasteiger partial charge on any atom is -0.458 e. The molecule has 0 aliphatic carbocycles. The molecule has 0 saturated carbocycles. The molecular weight excluding hydrogens is 256 g/mol. The van der Waals surface area contributed by atoms with Gasteiger partial charge in [0.1, 0.15) is 18.1 Å². The number of benzene rings is 1. The Morgan fingerprint density at radius 2 is 1.90 bits per heavy atom. The smallest absolute Gasteiger partial charge is 0.303 e. The van der Waals surface area contributed by atoms with Gasteiger partial charge in [0.25, 0.3) is 0 Å². The van der Waals surface area contributed by atoms with E-state index in [4.69, 9.17) is 9.15 Å². The van der Waals surface area contributed by atoms with Crippen LogP contribution in [-0.2, 0) is 16.1 Å². The van der Waals surface area contributed by atoms with Gasteiger partial charge in [-0.3, -0.25) is 9.59 Å². The van der Waals surface area contributed by atoms with Crippen molar-refractivity contribution in [1.29, 1.82) is 0 Å². The average Bonchev–Trinajstić information content (AvgIpc) is 2.91. The van der Waals surface area contributed by atoms with E-state index in [2.05, 4.69) is 0 Å². The second-order valence-electron chi connectivity index (χ2n) is 4.15. The van der Waals surface area contributed by atoms with Crippen molar-refractivity contribution in [3.8, 4) is 0 Å². The van der Waals surface area contributed by atoms with Crippen LogP contribution in [0.5, 0.6) is 0 Å². The lowest BCUT2D eigenvalue weighted by Crippen LogP contribution is -1.97. The molecule has 0 saturated heterocycles. The fraction of sp³-hybridized carbons (Fsp3) is 0.125. The number of rotatable bonds is 5. The SMILES string of the molecule is CC(=O)OCc1ccc(/C=C/C(=O)c2ccccc2)o1. The number of carbonyl (C=O) groups is 2. The molecule has 4 nitrogen and oxygen atoms in total. The summed E-state index contributed by atoms with van der Waals surface area (Å²) in [6.45, 7) is 1.43. The number of furan rings is 1. The van der Waals surface area contributed by atoms with Gasteiger partial charge in [-0.1, -0.05) is 30.3 Å². The highest BCUT2D eigenvalue weighted by atomic mass is 16.5. The van der Waals surface area contributed by atoms with Gasteiger partial charge in [0.15, 0.2) is 5.78 Å². The number of ether oxygens (including phenoxy) is 1. The molecule has 20 heavy (non-hydrogen) atoms. The lowest BCUT2D eigenvalue weighted by molar-refractivity contribution is -0.142. The van der Waals surface area contributed by atoms with Crippen LogP contribution < -0.4 is 0 Å². The van der Waals surface area contributed by atoms with E-state index in [9.17, 15) is 9.59 Å². The standard InChI is InChI=1S/C16H14O4/c1-12(17)19-11-15-8-7-14(20-15)9-10-16(18)13-5-3-2-4-6-13/h2-10H,11H2,1H3/b10-9+. The summed E-state index contributed by atoms with van der Waals surface area (Å²) in [5.41, 5.74) is 0.621. The Morgan fingerprint density at radius 3 is 2.60 bits per heavy atom. The van der Waals surface area contributed by atoms with Gasteiger partial charge in [0, 0.05) is 12.5 Å². The first-order valence-electron chi connectivity index (χ1n) is 6.14. The summed E-state index contributed by atoms with van der Waals surface area (Å²) in [5.74, 6) is 0.615. The zero-order valence-electron chi connectivity index (χ0n) is 11.0. The van der Waals surface area contributed by atoms with E-state index >= 15 is 0 Å². The van der Waals surface area contributed by atoms with Gasteiger partial charge in [0.05, 0.1) is 0 Å². The summed E-state index contributed by atoms with van der Waals surface area (Å²) >= 11 is 0. The molecule has 0 fully saturated rings. The van der Waals surface area contributed by atoms with Crippen molar-refractivity contribution >= 4 is 17.8 Å². The quantitative estimate of drug-likeness (QED) is 0.475. The van der Waals surface area contributed by atoms with Crippen LogP contribution in [0, 0.1) is 0 Å². The van der Waals surface area contributed by atoms with Crippen LogP contribution in [0.3, 0.4) is 0 Å². The highest BCUT2D eigenvalue weighted by molar-refractivity contribution is 6.06. The first-order valence-corrected chi connectivity index (χ1v) is 6.14. The molecule has 2 rings (SSSR count). The summed E-state index contributed by atoms with van der Waals surface area (Å²) in [6.07, 6.45) is 3.04. The molecule has 0 N–H and O–H groups in total. The summed E-state index contributed by atoms with van der Waals surface area (Å²) in [6, 6.07) is 12.4. The molecule has 4 heteroatoms. The van der Waals surface area contributed by atoms with Crippen molar-refractivity contribution < 1.29 is 18.7 Å². The lowest BCUT2D eigenvalue weighted by atomic mass is 10.1. The van der Waals surface area contributed by atoms with Crippen molar-refractivity contribution in [1.82, 2.24) is 0 Å². The molecule has 0 spiro atoms. The number of esters is 1. The zero-order valence-corrected chi connectivity index (χ0v) is 11.0. The van der Waals surface area contributed by atoms with Crippen molar-refractivity contribution in [2.45, 2.75) is 13.5 Å². The van der Waals surface area contributed by atoms with Gasteiger partial charge in [0.2, 0.25) is 0 Å². The minimum atomic E-state index is -0.363. The Bertz CT molecular complexity index is 623. The number of hydrogen-bond acceptors (Lipinski definition) is 4. The molecular formula is C16H14O4. The molecule has 0 unspecified atom stereocenters. The van der Waals surface area contributed by atoms with Crippen LogP contribution >= 0.6 is 0 Å². The average molecular weight is 270 g/mol. The van der Waals surface area contributed by atoms with Gasteiger partial charge < -0.3 is 9.15 Å². The fourth-order valence-electron chi connectivity index (χ4n) is 1.59. The van der Waals surface area contributed by atoms with E-state index in [1.54, 1.807) is 30.3 Å². The van der Waals surface area contributed by atoms with Crippen LogP contribution in [0.1, 0.15) is 28.8 Å². The molecule has 1 aromatic carbocycles. The van der Waals surface area contributed by atoms with E-state index < -0.39 is 0 Å². The molecule has 0 aliphatic rings. The Morgan fingerprint density at radius 1 is 1.15 bits per heavy atom. The summed E-state index contributed by atoms with van der Waals surface area (Å²) in [5, 5.41) is 0. The summed E-state index contributed by atoms with van der Waals surface area (Å²) in [4.78, 5) is 22.5. The number of allylic oxidation sites excluding steroid dienone is 1. The van der Waals surface area contributed by atoms with Gasteiger partial charge in [-0.15, -0.1) is 0 Å². The fourth-order valence-corrected chi connectivity index (χ4v) is 1.59. The maximum Gasteiger partial charge on any atom is 0.303 e. The van der Waals surface area contributed by atoms with E-state index in [1.807, 2.05) is 18.2 Å². The van der Waals surface area contributed by atoms with Crippen LogP contribution in [0.2, 0.25) is 0 Å². The highest BCUT2D eigenvalue weighted by Gasteiger charge is 2.03. The predicted molar refractivity (Wildman–Crippen MR) is 74.0 cm³/mol. The van der Waals surface area contributed by atoms with Crippen LogP contribution in [0.15, 0.2) is 53.0 Å². The van der Waals surface area contributed by atoms with Crippen LogP contribution in [-0.4, -0.2) is 11.8 Å². The Balaban J connectivity index is 1.98. The largest absolute Gasteiger partial charge is 0.458 e. The van der Waals surface area contributed by atoms with Crippen LogP contribution in [0.4, 0.5) is 0 Å².